The summed E-state index contributed by atoms with van der Waals surface area (Å²) in [4.78, 5) is 93.0. The maximum atomic E-state index is 16.0. The summed E-state index contributed by atoms with van der Waals surface area (Å²) in [6, 6.07) is 15.9. The molecular formula is C54H61F4N7O7S. The van der Waals surface area contributed by atoms with Crippen molar-refractivity contribution < 1.29 is 46.6 Å². The molecule has 2 aliphatic heterocycles. The molecule has 388 valence electrons. The molecular weight excluding hydrogens is 967 g/mol. The van der Waals surface area contributed by atoms with E-state index in [2.05, 4.69) is 25.5 Å². The van der Waals surface area contributed by atoms with Gasteiger partial charge in [-0.1, -0.05) is 63.2 Å². The minimum atomic E-state index is -5.01. The Balaban J connectivity index is 0.987. The number of nitrogens with one attached hydrogen (secondary N) is 3. The van der Waals surface area contributed by atoms with E-state index in [1.165, 1.54) is 23.1 Å². The van der Waals surface area contributed by atoms with Crippen molar-refractivity contribution in [2.24, 2.45) is 11.3 Å². The first kappa shape index (κ1) is 54.2. The number of likely N-dealkylation sites (tertiary alicyclic amines) is 1. The third-order valence-electron chi connectivity index (χ3n) is 13.9. The highest BCUT2D eigenvalue weighted by atomic mass is 32.1. The number of hydrogen-bond acceptors (Lipinski definition) is 11. The van der Waals surface area contributed by atoms with E-state index in [0.717, 1.165) is 27.8 Å². The van der Waals surface area contributed by atoms with Crippen LogP contribution in [0.4, 0.5) is 28.9 Å². The number of hydrogen-bond donors (Lipinski definition) is 4. The lowest BCUT2D eigenvalue weighted by atomic mass is 9.76. The van der Waals surface area contributed by atoms with Crippen molar-refractivity contribution in [1.29, 1.82) is 0 Å². The van der Waals surface area contributed by atoms with Crippen molar-refractivity contribution in [1.82, 2.24) is 25.1 Å². The first-order chi connectivity index (χ1) is 34.4. The van der Waals surface area contributed by atoms with Crippen molar-refractivity contribution in [3.05, 3.63) is 123 Å². The number of aromatic amines is 1. The molecule has 0 aliphatic carbocycles. The number of aromatic nitrogens is 2. The summed E-state index contributed by atoms with van der Waals surface area (Å²) in [5, 5.41) is 16.1. The fraction of sp³-hybridized carbons (Fsp3) is 0.426. The topological polar surface area (TPSA) is 185 Å². The molecule has 3 amide bonds. The van der Waals surface area contributed by atoms with Gasteiger partial charge in [-0.2, -0.15) is 13.2 Å². The highest BCUT2D eigenvalue weighted by Crippen LogP contribution is 2.38. The molecule has 7 rings (SSSR count). The quantitative estimate of drug-likeness (QED) is 0.0551. The number of pyridine rings is 1. The fourth-order valence-electron chi connectivity index (χ4n) is 9.54. The molecule has 2 aliphatic rings. The smallest absolute Gasteiger partial charge is 0.391 e. The lowest BCUT2D eigenvalue weighted by Gasteiger charge is -2.44. The summed E-state index contributed by atoms with van der Waals surface area (Å²) in [7, 11) is 1.98. The van der Waals surface area contributed by atoms with E-state index < -0.39 is 75.7 Å². The number of anilines is 2. The number of benzene rings is 3. The Morgan fingerprint density at radius 2 is 1.60 bits per heavy atom. The predicted octanol–water partition coefficient (Wildman–Crippen LogP) is 8.67. The van der Waals surface area contributed by atoms with E-state index in [1.54, 1.807) is 29.0 Å². The molecule has 0 bridgehead atoms. The average molecular weight is 1030 g/mol. The van der Waals surface area contributed by atoms with E-state index >= 15 is 4.39 Å². The Morgan fingerprint density at radius 3 is 2.23 bits per heavy atom. The van der Waals surface area contributed by atoms with E-state index in [-0.39, 0.29) is 85.4 Å². The molecule has 5 atom stereocenters. The maximum absolute atomic E-state index is 16.0. The van der Waals surface area contributed by atoms with Crippen LogP contribution in [0.1, 0.15) is 104 Å². The van der Waals surface area contributed by atoms with Crippen molar-refractivity contribution in [2.45, 2.75) is 111 Å². The number of amides is 3. The number of aryl methyl sites for hydroxylation is 1. The van der Waals surface area contributed by atoms with Crippen LogP contribution in [0.3, 0.4) is 0 Å². The van der Waals surface area contributed by atoms with Crippen LogP contribution in [0.2, 0.25) is 0 Å². The van der Waals surface area contributed by atoms with Gasteiger partial charge in [-0.3, -0.25) is 33.7 Å². The van der Waals surface area contributed by atoms with Gasteiger partial charge in [-0.15, -0.1) is 11.3 Å². The zero-order chi connectivity index (χ0) is 53.1. The number of nitrogens with zero attached hydrogens (tertiary/aromatic N) is 4. The Hall–Kier alpha value is -6.57. The normalized spacial score (nSPS) is 18.9. The second kappa shape index (κ2) is 22.3. The summed E-state index contributed by atoms with van der Waals surface area (Å²) in [5.41, 5.74) is 1.55. The molecule has 2 saturated heterocycles. The minimum absolute atomic E-state index is 0.0414. The molecule has 19 heteroatoms. The highest BCUT2D eigenvalue weighted by Gasteiger charge is 2.44. The predicted molar refractivity (Wildman–Crippen MR) is 272 cm³/mol. The van der Waals surface area contributed by atoms with Crippen molar-refractivity contribution in [3.63, 3.8) is 0 Å². The number of carbonyl (C=O) groups excluding carboxylic acids is 5. The molecule has 4 N–H and O–H groups in total. The number of rotatable bonds is 16. The summed E-state index contributed by atoms with van der Waals surface area (Å²) >= 11 is 1.54. The molecule has 0 unspecified atom stereocenters. The largest absolute Gasteiger partial charge is 0.417 e. The Labute approximate surface area is 425 Å². The number of β-amino-alcohol motifs (C(OH)–C–C–N with tert-alkyl or cyclic N) is 1. The Morgan fingerprint density at radius 1 is 0.918 bits per heavy atom. The summed E-state index contributed by atoms with van der Waals surface area (Å²) in [6.45, 7) is 12.6. The standard InChI is InChI=1S/C54H61F4N7O7S/c1-30-26-64(27-31(2)63(30)7)45-18-16-35(20-44(45)62-50(70)40-25-59-48(69)23-41(40)54(56,57)58)39-17-15-36(19-43(39)55)47(68)10-8-9-37(66)21-42(53(4,5)6)52(72)65-28-38(67)22-46(65)51(71)60-24-33-11-13-34(14-12-33)49-32(3)61-29-73-49/h11-20,23,25,29-31,38,42,46,67H,8-10,21-22,24,26-28H2,1-7H3,(H,59,69)(H,60,71)(H,62,70)/t30-,31+,38-,42-,46+/m1/s1. The second-order valence-corrected chi connectivity index (χ2v) is 21.1. The lowest BCUT2D eigenvalue weighted by Crippen LogP contribution is -2.55. The van der Waals surface area contributed by atoms with E-state index in [4.69, 9.17) is 0 Å². The molecule has 4 heterocycles. The van der Waals surface area contributed by atoms with Crippen LogP contribution in [0.15, 0.2) is 83.2 Å². The summed E-state index contributed by atoms with van der Waals surface area (Å²) in [6.07, 6.45) is -5.38. The number of thiazole rings is 1. The van der Waals surface area contributed by atoms with Crippen LogP contribution in [-0.4, -0.2) is 105 Å². The summed E-state index contributed by atoms with van der Waals surface area (Å²) in [5.74, 6) is -4.31. The number of piperazine rings is 1. The summed E-state index contributed by atoms with van der Waals surface area (Å²) < 4.78 is 58.0. The van der Waals surface area contributed by atoms with Crippen LogP contribution in [0.5, 0.6) is 0 Å². The Bertz CT molecular complexity index is 2920. The molecule has 2 aromatic heterocycles. The number of Topliss-reactive ketones (excluding diaryl/α,β-unsaturated/α-hetero) is 2. The van der Waals surface area contributed by atoms with Gasteiger partial charge in [-0.05, 0) is 74.5 Å². The zero-order valence-corrected chi connectivity index (χ0v) is 42.7. The number of alkyl halides is 3. The van der Waals surface area contributed by atoms with Gasteiger partial charge < -0.3 is 30.5 Å². The number of H-pyrrole nitrogens is 1. The van der Waals surface area contributed by atoms with Gasteiger partial charge in [0.15, 0.2) is 5.78 Å². The monoisotopic (exact) mass is 1030 g/mol. The van der Waals surface area contributed by atoms with Crippen LogP contribution < -0.4 is 21.1 Å². The first-order valence-corrected chi connectivity index (χ1v) is 25.1. The van der Waals surface area contributed by atoms with E-state index in [0.29, 0.717) is 31.0 Å². The van der Waals surface area contributed by atoms with Gasteiger partial charge in [0.25, 0.3) is 5.91 Å². The SMILES string of the molecule is Cc1ncsc1-c1ccc(CNC(=O)[C@@H]2C[C@@H](O)CN2C(=O)[C@@H](CC(=O)CCCC(=O)c2ccc(-c3ccc(N4C[C@@H](C)N(C)[C@@H](C)C4)c(NC(=O)c4c[nH]c(=O)cc4C(F)(F)F)c3)c(F)c2)C(C)(C)C)cc1. The van der Waals surface area contributed by atoms with E-state index in [9.17, 15) is 47.0 Å². The minimum Gasteiger partial charge on any atom is -0.391 e. The molecule has 0 spiro atoms. The zero-order valence-electron chi connectivity index (χ0n) is 41.9. The molecule has 3 aromatic carbocycles. The average Bonchev–Trinajstić information content (AvgIpc) is 3.95. The molecule has 14 nitrogen and oxygen atoms in total. The molecule has 2 fully saturated rings. The molecule has 73 heavy (non-hydrogen) atoms. The van der Waals surface area contributed by atoms with Gasteiger partial charge in [0, 0.05) is 93.3 Å². The Kier molecular flexibility index (Phi) is 16.5. The van der Waals surface area contributed by atoms with Crippen LogP contribution in [0, 0.1) is 24.1 Å². The second-order valence-electron chi connectivity index (χ2n) is 20.3. The van der Waals surface area contributed by atoms with Crippen molar-refractivity contribution >= 4 is 52.0 Å². The molecule has 0 radical (unpaired) electrons. The maximum Gasteiger partial charge on any atom is 0.417 e. The van der Waals surface area contributed by atoms with Gasteiger partial charge in [0.05, 0.1) is 44.7 Å². The van der Waals surface area contributed by atoms with E-state index in [1.807, 2.05) is 77.8 Å². The van der Waals surface area contributed by atoms with Crippen LogP contribution in [-0.2, 0) is 27.1 Å². The van der Waals surface area contributed by atoms with Crippen molar-refractivity contribution in [3.8, 4) is 21.6 Å². The first-order valence-electron chi connectivity index (χ1n) is 24.2. The van der Waals surface area contributed by atoms with Gasteiger partial charge in [0.2, 0.25) is 17.4 Å². The van der Waals surface area contributed by atoms with Crippen LogP contribution in [0.25, 0.3) is 21.6 Å². The highest BCUT2D eigenvalue weighted by molar-refractivity contribution is 7.13. The van der Waals surface area contributed by atoms with Gasteiger partial charge in [0.1, 0.15) is 17.6 Å². The fourth-order valence-corrected chi connectivity index (χ4v) is 10.3. The number of carbonyl (C=O) groups is 5. The number of likely N-dealkylation sites (N-methyl/N-ethyl adjacent to an activating group) is 1. The third kappa shape index (κ3) is 12.8. The van der Waals surface area contributed by atoms with Crippen LogP contribution >= 0.6 is 11.3 Å². The number of aliphatic hydroxyl groups is 1. The van der Waals surface area contributed by atoms with Gasteiger partial charge >= 0.3 is 6.18 Å². The van der Waals surface area contributed by atoms with Gasteiger partial charge in [-0.25, -0.2) is 9.37 Å². The molecule has 5 aromatic rings. The number of halogens is 4. The number of aliphatic hydroxyl groups excluding tert-OH is 1. The van der Waals surface area contributed by atoms with Crippen molar-refractivity contribution in [2.75, 3.05) is 36.9 Å². The lowest BCUT2D eigenvalue weighted by molar-refractivity contribution is -0.146. The third-order valence-corrected chi connectivity index (χ3v) is 14.9. The number of ketones is 2. The molecule has 0 saturated carbocycles.